The fourth-order valence-electron chi connectivity index (χ4n) is 1.45. The summed E-state index contributed by atoms with van der Waals surface area (Å²) in [6, 6.07) is 14.6. The Morgan fingerprint density at radius 2 is 1.72 bits per heavy atom. The van der Waals surface area contributed by atoms with Crippen molar-refractivity contribution in [3.63, 3.8) is 0 Å². The molecule has 0 fully saturated rings. The smallest absolute Gasteiger partial charge is 0.276 e. The second kappa shape index (κ2) is 6.57. The molecule has 1 aromatic heterocycles. The maximum Gasteiger partial charge on any atom is 0.276 e. The van der Waals surface area contributed by atoms with Crippen LogP contribution in [0.4, 0.5) is 5.82 Å². The molecule has 0 aliphatic rings. The highest BCUT2D eigenvalue weighted by atomic mass is 35.5. The van der Waals surface area contributed by atoms with Crippen molar-refractivity contribution in [2.24, 2.45) is 0 Å². The van der Waals surface area contributed by atoms with Gasteiger partial charge in [0.15, 0.2) is 5.78 Å². The van der Waals surface area contributed by atoms with Gasteiger partial charge in [-0.05, 0) is 6.07 Å². The van der Waals surface area contributed by atoms with Crippen LogP contribution in [0.2, 0.25) is 0 Å². The normalized spacial score (nSPS) is 10.0. The van der Waals surface area contributed by atoms with Crippen LogP contribution in [0.1, 0.15) is 10.4 Å². The Kier molecular flexibility index (Phi) is 5.08. The zero-order valence-corrected chi connectivity index (χ0v) is 10.4. The summed E-state index contributed by atoms with van der Waals surface area (Å²) in [5, 5.41) is 0. The number of nitrogen functional groups attached to an aromatic ring is 1. The van der Waals surface area contributed by atoms with Gasteiger partial charge in [0.25, 0.3) is 5.82 Å². The van der Waals surface area contributed by atoms with Gasteiger partial charge in [0.1, 0.15) is 0 Å². The topological polar surface area (TPSA) is 47.0 Å². The molecule has 3 nitrogen and oxygen atoms in total. The molecule has 0 bridgehead atoms. The molecule has 0 unspecified atom stereocenters. The van der Waals surface area contributed by atoms with Crippen molar-refractivity contribution in [1.29, 1.82) is 0 Å². The van der Waals surface area contributed by atoms with E-state index in [2.05, 4.69) is 0 Å². The number of anilines is 1. The first-order chi connectivity index (χ1) is 8.27. The number of hydrogen-bond donors (Lipinski definition) is 1. The lowest BCUT2D eigenvalue weighted by Crippen LogP contribution is -3.00. The standard InChI is InChI=1S/C14H12N2O.ClH/c15-14-8-4-5-10-16(14)11-9-13(17)12-6-2-1-3-7-12;/h1-11,15H;1H/b11-9-;. The number of carbonyl (C=O) groups is 1. The number of hydrogen-bond acceptors (Lipinski definition) is 2. The molecule has 2 aromatic rings. The third-order valence-electron chi connectivity index (χ3n) is 2.37. The summed E-state index contributed by atoms with van der Waals surface area (Å²) in [5.74, 6) is 0.547. The summed E-state index contributed by atoms with van der Waals surface area (Å²) in [7, 11) is 0. The van der Waals surface area contributed by atoms with Crippen LogP contribution in [0.5, 0.6) is 0 Å². The Morgan fingerprint density at radius 3 is 2.39 bits per heavy atom. The van der Waals surface area contributed by atoms with E-state index in [9.17, 15) is 4.79 Å². The lowest BCUT2D eigenvalue weighted by Gasteiger charge is -1.95. The maximum atomic E-state index is 11.8. The predicted octanol–water partition coefficient (Wildman–Crippen LogP) is -1.09. The van der Waals surface area contributed by atoms with Gasteiger partial charge in [-0.25, -0.2) is 4.57 Å². The molecule has 0 radical (unpaired) electrons. The third-order valence-corrected chi connectivity index (χ3v) is 2.37. The summed E-state index contributed by atoms with van der Waals surface area (Å²) in [5.41, 5.74) is 6.41. The van der Waals surface area contributed by atoms with Gasteiger partial charge in [-0.2, -0.15) is 0 Å². The van der Waals surface area contributed by atoms with E-state index in [-0.39, 0.29) is 18.2 Å². The number of allylic oxidation sites excluding steroid dienone is 1. The Bertz CT molecular complexity index is 553. The third kappa shape index (κ3) is 3.43. The Hall–Kier alpha value is -2.13. The van der Waals surface area contributed by atoms with E-state index in [1.54, 1.807) is 35.2 Å². The summed E-state index contributed by atoms with van der Waals surface area (Å²) in [6.45, 7) is 0. The van der Waals surface area contributed by atoms with Crippen molar-refractivity contribution < 1.29 is 21.8 Å². The number of nitrogens with two attached hydrogens (primary N) is 1. The summed E-state index contributed by atoms with van der Waals surface area (Å²) < 4.78 is 1.70. The van der Waals surface area contributed by atoms with Crippen molar-refractivity contribution in [2.75, 3.05) is 5.73 Å². The molecule has 2 N–H and O–H groups in total. The predicted molar refractivity (Wildman–Crippen MR) is 67.2 cm³/mol. The Balaban J connectivity index is 0.00000162. The first kappa shape index (κ1) is 13.9. The zero-order valence-electron chi connectivity index (χ0n) is 9.66. The van der Waals surface area contributed by atoms with Crippen molar-refractivity contribution >= 4 is 17.8 Å². The maximum absolute atomic E-state index is 11.8. The number of rotatable bonds is 3. The molecule has 0 spiro atoms. The molecular weight excluding hydrogens is 248 g/mol. The van der Waals surface area contributed by atoms with Crippen LogP contribution in [-0.2, 0) is 0 Å². The van der Waals surface area contributed by atoms with Crippen LogP contribution < -0.4 is 22.7 Å². The lowest BCUT2D eigenvalue weighted by molar-refractivity contribution is -0.552. The summed E-state index contributed by atoms with van der Waals surface area (Å²) in [6.07, 6.45) is 4.96. The largest absolute Gasteiger partial charge is 1.00 e. The van der Waals surface area contributed by atoms with Gasteiger partial charge in [0.05, 0.1) is 12.4 Å². The van der Waals surface area contributed by atoms with E-state index in [1.165, 1.54) is 6.08 Å². The van der Waals surface area contributed by atoms with Crippen LogP contribution in [0.25, 0.3) is 6.20 Å². The van der Waals surface area contributed by atoms with E-state index in [1.807, 2.05) is 30.3 Å². The number of ketones is 1. The van der Waals surface area contributed by atoms with Gasteiger partial charge in [-0.1, -0.05) is 36.4 Å². The molecule has 0 saturated heterocycles. The van der Waals surface area contributed by atoms with Gasteiger partial charge in [0, 0.05) is 17.7 Å². The van der Waals surface area contributed by atoms with E-state index in [4.69, 9.17) is 5.73 Å². The van der Waals surface area contributed by atoms with E-state index in [0.717, 1.165) is 0 Å². The second-order valence-corrected chi connectivity index (χ2v) is 3.58. The number of aromatic nitrogens is 1. The van der Waals surface area contributed by atoms with Crippen molar-refractivity contribution in [3.05, 3.63) is 66.4 Å². The van der Waals surface area contributed by atoms with Crippen LogP contribution in [0.15, 0.2) is 60.8 Å². The van der Waals surface area contributed by atoms with Crippen molar-refractivity contribution in [3.8, 4) is 0 Å². The van der Waals surface area contributed by atoms with Gasteiger partial charge >= 0.3 is 0 Å². The highest BCUT2D eigenvalue weighted by molar-refractivity contribution is 6.05. The summed E-state index contributed by atoms with van der Waals surface area (Å²) in [4.78, 5) is 11.8. The second-order valence-electron chi connectivity index (χ2n) is 3.58. The number of halogens is 1. The highest BCUT2D eigenvalue weighted by Gasteiger charge is 2.02. The molecule has 0 saturated carbocycles. The van der Waals surface area contributed by atoms with Gasteiger partial charge in [-0.15, -0.1) is 0 Å². The molecule has 1 aromatic carbocycles. The van der Waals surface area contributed by atoms with Crippen LogP contribution in [0.3, 0.4) is 0 Å². The molecule has 18 heavy (non-hydrogen) atoms. The molecular formula is C14H13ClN2O. The zero-order chi connectivity index (χ0) is 12.1. The fraction of sp³-hybridized carbons (Fsp3) is 0. The van der Waals surface area contributed by atoms with Crippen molar-refractivity contribution in [1.82, 2.24) is 0 Å². The highest BCUT2D eigenvalue weighted by Crippen LogP contribution is 2.00. The van der Waals surface area contributed by atoms with E-state index < -0.39 is 0 Å². The van der Waals surface area contributed by atoms with Crippen molar-refractivity contribution in [2.45, 2.75) is 0 Å². The molecule has 0 aliphatic heterocycles. The molecule has 2 rings (SSSR count). The molecule has 0 atom stereocenters. The minimum absolute atomic E-state index is 0. The van der Waals surface area contributed by atoms with Gasteiger partial charge < -0.3 is 12.4 Å². The van der Waals surface area contributed by atoms with E-state index in [0.29, 0.717) is 11.4 Å². The number of carbonyl (C=O) groups excluding carboxylic acids is 1. The first-order valence-corrected chi connectivity index (χ1v) is 5.30. The average Bonchev–Trinajstić information content (AvgIpc) is 2.38. The number of pyridine rings is 1. The van der Waals surface area contributed by atoms with Crippen LogP contribution >= 0.6 is 0 Å². The monoisotopic (exact) mass is 260 g/mol. The first-order valence-electron chi connectivity index (χ1n) is 5.30. The Morgan fingerprint density at radius 1 is 1.06 bits per heavy atom. The van der Waals surface area contributed by atoms with Gasteiger partial charge in [0.2, 0.25) is 0 Å². The van der Waals surface area contributed by atoms with E-state index >= 15 is 0 Å². The van der Waals surface area contributed by atoms with Gasteiger partial charge in [-0.3, -0.25) is 10.5 Å². The van der Waals surface area contributed by atoms with Crippen LogP contribution in [-0.4, -0.2) is 5.78 Å². The number of benzene rings is 1. The molecule has 92 valence electrons. The molecule has 1 heterocycles. The average molecular weight is 261 g/mol. The Labute approximate surface area is 112 Å². The number of nitrogens with zero attached hydrogens (tertiary/aromatic N) is 1. The quantitative estimate of drug-likeness (QED) is 0.433. The minimum atomic E-state index is -0.0404. The summed E-state index contributed by atoms with van der Waals surface area (Å²) >= 11 is 0. The van der Waals surface area contributed by atoms with Crippen LogP contribution in [0, 0.1) is 0 Å². The molecule has 0 amide bonds. The molecule has 4 heteroatoms. The minimum Gasteiger partial charge on any atom is -1.00 e. The molecule has 0 aliphatic carbocycles. The SMILES string of the molecule is Nc1cccc[n+]1/C=C\C(=O)c1ccccc1.[Cl-]. The fourth-order valence-corrected chi connectivity index (χ4v) is 1.45. The lowest BCUT2D eigenvalue weighted by atomic mass is 10.1.